The second kappa shape index (κ2) is 5.93. The maximum absolute atomic E-state index is 5.89. The van der Waals surface area contributed by atoms with Gasteiger partial charge < -0.3 is 14.9 Å². The first-order valence-corrected chi connectivity index (χ1v) is 7.14. The summed E-state index contributed by atoms with van der Waals surface area (Å²) in [4.78, 5) is 4.51. The van der Waals surface area contributed by atoms with Gasteiger partial charge in [-0.15, -0.1) is 0 Å². The normalized spacial score (nSPS) is 10.6. The fraction of sp³-hybridized carbons (Fsp3) is 0.167. The van der Waals surface area contributed by atoms with Gasteiger partial charge in [-0.05, 0) is 37.6 Å². The highest BCUT2D eigenvalue weighted by atomic mass is 16.5. The standard InChI is InChI=1S/C18H18N2O2/c1-12-8-9-15(10-16(12)19)21-11-17-13(2)22-18(20-17)14-6-4-3-5-7-14/h3-10H,11,19H2,1-2H3. The molecule has 2 N–H and O–H groups in total. The Bertz CT molecular complexity index is 779. The van der Waals surface area contributed by atoms with E-state index >= 15 is 0 Å². The first kappa shape index (κ1) is 14.2. The van der Waals surface area contributed by atoms with Crippen molar-refractivity contribution in [3.8, 4) is 17.2 Å². The summed E-state index contributed by atoms with van der Waals surface area (Å²) in [5.74, 6) is 2.10. The summed E-state index contributed by atoms with van der Waals surface area (Å²) in [5.41, 5.74) is 9.39. The highest BCUT2D eigenvalue weighted by Crippen LogP contribution is 2.24. The Hall–Kier alpha value is -2.75. The molecule has 0 unspecified atom stereocenters. The lowest BCUT2D eigenvalue weighted by Gasteiger charge is -2.06. The third-order valence-corrected chi connectivity index (χ3v) is 3.54. The molecule has 0 aliphatic heterocycles. The Labute approximate surface area is 129 Å². The molecule has 4 heteroatoms. The third-order valence-electron chi connectivity index (χ3n) is 3.54. The molecule has 4 nitrogen and oxygen atoms in total. The molecule has 0 saturated carbocycles. The molecule has 0 aliphatic carbocycles. The van der Waals surface area contributed by atoms with E-state index in [9.17, 15) is 0 Å². The van der Waals surface area contributed by atoms with E-state index in [1.807, 2.05) is 62.4 Å². The van der Waals surface area contributed by atoms with Crippen LogP contribution in [0, 0.1) is 13.8 Å². The van der Waals surface area contributed by atoms with Crippen LogP contribution in [0.1, 0.15) is 17.0 Å². The van der Waals surface area contributed by atoms with Crippen molar-refractivity contribution in [1.29, 1.82) is 0 Å². The van der Waals surface area contributed by atoms with Gasteiger partial charge in [-0.1, -0.05) is 24.3 Å². The number of aromatic nitrogens is 1. The van der Waals surface area contributed by atoms with Gasteiger partial charge in [-0.3, -0.25) is 0 Å². The van der Waals surface area contributed by atoms with Crippen LogP contribution >= 0.6 is 0 Å². The van der Waals surface area contributed by atoms with Gasteiger partial charge in [0.15, 0.2) is 0 Å². The van der Waals surface area contributed by atoms with Crippen molar-refractivity contribution in [1.82, 2.24) is 4.98 Å². The molecule has 112 valence electrons. The van der Waals surface area contributed by atoms with Gasteiger partial charge in [0.1, 0.15) is 23.8 Å². The van der Waals surface area contributed by atoms with Gasteiger partial charge in [-0.25, -0.2) is 4.98 Å². The lowest BCUT2D eigenvalue weighted by molar-refractivity contribution is 0.299. The molecule has 1 heterocycles. The molecule has 0 aliphatic rings. The van der Waals surface area contributed by atoms with Crippen LogP contribution in [0.5, 0.6) is 5.75 Å². The van der Waals surface area contributed by atoms with Crippen molar-refractivity contribution in [2.75, 3.05) is 5.73 Å². The van der Waals surface area contributed by atoms with E-state index in [1.54, 1.807) is 0 Å². The first-order chi connectivity index (χ1) is 10.6. The SMILES string of the molecule is Cc1ccc(OCc2nc(-c3ccccc3)oc2C)cc1N. The van der Waals surface area contributed by atoms with Crippen molar-refractivity contribution in [3.05, 3.63) is 65.5 Å². The zero-order valence-electron chi connectivity index (χ0n) is 12.7. The number of aryl methyl sites for hydroxylation is 2. The zero-order valence-corrected chi connectivity index (χ0v) is 12.7. The Morgan fingerprint density at radius 2 is 1.86 bits per heavy atom. The van der Waals surface area contributed by atoms with Crippen LogP contribution in [-0.4, -0.2) is 4.98 Å². The number of hydrogen-bond acceptors (Lipinski definition) is 4. The average molecular weight is 294 g/mol. The molecule has 0 bridgehead atoms. The summed E-state index contributed by atoms with van der Waals surface area (Å²) in [6.45, 7) is 4.21. The van der Waals surface area contributed by atoms with Gasteiger partial charge in [0, 0.05) is 17.3 Å². The van der Waals surface area contributed by atoms with Crippen LogP contribution in [0.2, 0.25) is 0 Å². The van der Waals surface area contributed by atoms with E-state index in [1.165, 1.54) is 0 Å². The molecule has 3 aromatic rings. The van der Waals surface area contributed by atoms with Gasteiger partial charge >= 0.3 is 0 Å². The first-order valence-electron chi connectivity index (χ1n) is 7.14. The highest BCUT2D eigenvalue weighted by Gasteiger charge is 2.11. The lowest BCUT2D eigenvalue weighted by atomic mass is 10.2. The van der Waals surface area contributed by atoms with E-state index in [-0.39, 0.29) is 0 Å². The predicted molar refractivity (Wildman–Crippen MR) is 86.6 cm³/mol. The minimum absolute atomic E-state index is 0.352. The van der Waals surface area contributed by atoms with E-state index in [0.29, 0.717) is 12.5 Å². The Balaban J connectivity index is 1.76. The van der Waals surface area contributed by atoms with Crippen LogP contribution in [0.4, 0.5) is 5.69 Å². The van der Waals surface area contributed by atoms with Crippen LogP contribution < -0.4 is 10.5 Å². The molecular weight excluding hydrogens is 276 g/mol. The number of benzene rings is 2. The summed E-state index contributed by atoms with van der Waals surface area (Å²) < 4.78 is 11.5. The number of nitrogens with zero attached hydrogens (tertiary/aromatic N) is 1. The fourth-order valence-electron chi connectivity index (χ4n) is 2.13. The lowest BCUT2D eigenvalue weighted by Crippen LogP contribution is -1.99. The van der Waals surface area contributed by atoms with Crippen molar-refractivity contribution in [2.24, 2.45) is 0 Å². The molecule has 0 saturated heterocycles. The molecule has 22 heavy (non-hydrogen) atoms. The number of rotatable bonds is 4. The quantitative estimate of drug-likeness (QED) is 0.735. The third kappa shape index (κ3) is 2.96. The van der Waals surface area contributed by atoms with Gasteiger partial charge in [-0.2, -0.15) is 0 Å². The Morgan fingerprint density at radius 3 is 2.59 bits per heavy atom. The second-order valence-corrected chi connectivity index (χ2v) is 5.19. The van der Waals surface area contributed by atoms with Gasteiger partial charge in [0.2, 0.25) is 5.89 Å². The van der Waals surface area contributed by atoms with Crippen LogP contribution in [0.25, 0.3) is 11.5 Å². The maximum atomic E-state index is 5.89. The minimum Gasteiger partial charge on any atom is -0.487 e. The molecule has 0 atom stereocenters. The summed E-state index contributed by atoms with van der Waals surface area (Å²) in [6, 6.07) is 15.5. The van der Waals surface area contributed by atoms with Crippen LogP contribution in [-0.2, 0) is 6.61 Å². The number of hydrogen-bond donors (Lipinski definition) is 1. The van der Waals surface area contributed by atoms with Crippen molar-refractivity contribution in [2.45, 2.75) is 20.5 Å². The number of nitrogen functional groups attached to an aromatic ring is 1. The molecule has 0 fully saturated rings. The van der Waals surface area contributed by atoms with E-state index < -0.39 is 0 Å². The summed E-state index contributed by atoms with van der Waals surface area (Å²) in [7, 11) is 0. The number of anilines is 1. The molecule has 0 radical (unpaired) electrons. The highest BCUT2D eigenvalue weighted by molar-refractivity contribution is 5.53. The van der Waals surface area contributed by atoms with Crippen molar-refractivity contribution in [3.63, 3.8) is 0 Å². The molecule has 0 amide bonds. The zero-order chi connectivity index (χ0) is 15.5. The summed E-state index contributed by atoms with van der Waals surface area (Å²) >= 11 is 0. The number of nitrogens with two attached hydrogens (primary N) is 1. The van der Waals surface area contributed by atoms with Crippen LogP contribution in [0.15, 0.2) is 52.9 Å². The smallest absolute Gasteiger partial charge is 0.226 e. The fourth-order valence-corrected chi connectivity index (χ4v) is 2.13. The topological polar surface area (TPSA) is 61.3 Å². The monoisotopic (exact) mass is 294 g/mol. The molecule has 1 aromatic heterocycles. The molecular formula is C18H18N2O2. The summed E-state index contributed by atoms with van der Waals surface area (Å²) in [6.07, 6.45) is 0. The predicted octanol–water partition coefficient (Wildman–Crippen LogP) is 4.12. The Kier molecular flexibility index (Phi) is 3.83. The Morgan fingerprint density at radius 1 is 1.09 bits per heavy atom. The average Bonchev–Trinajstić information content (AvgIpc) is 2.90. The summed E-state index contributed by atoms with van der Waals surface area (Å²) in [5, 5.41) is 0. The second-order valence-electron chi connectivity index (χ2n) is 5.19. The maximum Gasteiger partial charge on any atom is 0.226 e. The number of ether oxygens (including phenoxy) is 1. The van der Waals surface area contributed by atoms with E-state index in [0.717, 1.165) is 34.0 Å². The minimum atomic E-state index is 0.352. The van der Waals surface area contributed by atoms with E-state index in [2.05, 4.69) is 4.98 Å². The molecule has 2 aromatic carbocycles. The molecule has 3 rings (SSSR count). The number of oxazole rings is 1. The molecule has 0 spiro atoms. The van der Waals surface area contributed by atoms with Crippen LogP contribution in [0.3, 0.4) is 0 Å². The van der Waals surface area contributed by atoms with E-state index in [4.69, 9.17) is 14.9 Å². The van der Waals surface area contributed by atoms with Crippen molar-refractivity contribution < 1.29 is 9.15 Å². The van der Waals surface area contributed by atoms with Gasteiger partial charge in [0.05, 0.1) is 0 Å². The van der Waals surface area contributed by atoms with Crippen molar-refractivity contribution >= 4 is 5.69 Å². The van der Waals surface area contributed by atoms with Gasteiger partial charge in [0.25, 0.3) is 0 Å². The largest absolute Gasteiger partial charge is 0.487 e.